The van der Waals surface area contributed by atoms with E-state index in [0.29, 0.717) is 22.0 Å². The second kappa shape index (κ2) is 8.12. The Hall–Kier alpha value is -2.86. The van der Waals surface area contributed by atoms with Crippen LogP contribution in [-0.2, 0) is 20.9 Å². The summed E-state index contributed by atoms with van der Waals surface area (Å²) in [4.78, 5) is 34.8. The van der Waals surface area contributed by atoms with Gasteiger partial charge in [-0.1, -0.05) is 35.9 Å². The Labute approximate surface area is 144 Å². The molecule has 124 valence electrons. The van der Waals surface area contributed by atoms with Gasteiger partial charge in [0.1, 0.15) is 0 Å². The van der Waals surface area contributed by atoms with Crippen LogP contribution >= 0.6 is 11.6 Å². The molecule has 0 bridgehead atoms. The van der Waals surface area contributed by atoms with Gasteiger partial charge < -0.3 is 16.0 Å². The van der Waals surface area contributed by atoms with Gasteiger partial charge in [0.25, 0.3) is 0 Å². The summed E-state index contributed by atoms with van der Waals surface area (Å²) in [5.41, 5.74) is 1.64. The van der Waals surface area contributed by atoms with Gasteiger partial charge >= 0.3 is 11.8 Å². The number of carbonyl (C=O) groups excluding carboxylic acids is 3. The lowest BCUT2D eigenvalue weighted by molar-refractivity contribution is -0.136. The molecule has 0 aromatic heterocycles. The smallest absolute Gasteiger partial charge is 0.313 e. The normalized spacial score (nSPS) is 9.92. The Bertz CT molecular complexity index is 777. The second-order valence-electron chi connectivity index (χ2n) is 4.99. The zero-order valence-electron chi connectivity index (χ0n) is 12.9. The molecule has 2 rings (SSSR count). The number of nitrogens with one attached hydrogen (secondary N) is 3. The predicted octanol–water partition coefficient (Wildman–Crippen LogP) is 2.55. The van der Waals surface area contributed by atoms with Gasteiger partial charge in [-0.25, -0.2) is 0 Å². The van der Waals surface area contributed by atoms with Gasteiger partial charge in [0.05, 0.1) is 0 Å². The minimum atomic E-state index is -0.804. The third-order valence-electron chi connectivity index (χ3n) is 3.04. The predicted molar refractivity (Wildman–Crippen MR) is 92.7 cm³/mol. The summed E-state index contributed by atoms with van der Waals surface area (Å²) in [6, 6.07) is 13.5. The van der Waals surface area contributed by atoms with Gasteiger partial charge in [-0.15, -0.1) is 0 Å². The zero-order valence-corrected chi connectivity index (χ0v) is 13.7. The Kier molecular flexibility index (Phi) is 5.92. The number of hydrogen-bond donors (Lipinski definition) is 3. The summed E-state index contributed by atoms with van der Waals surface area (Å²) in [7, 11) is 0. The summed E-state index contributed by atoms with van der Waals surface area (Å²) in [5.74, 6) is -1.81. The van der Waals surface area contributed by atoms with Gasteiger partial charge in [0, 0.05) is 29.9 Å². The van der Waals surface area contributed by atoms with E-state index in [-0.39, 0.29) is 12.5 Å². The van der Waals surface area contributed by atoms with Crippen LogP contribution in [0.3, 0.4) is 0 Å². The molecule has 3 amide bonds. The fraction of sp³-hybridized carbons (Fsp3) is 0.118. The van der Waals surface area contributed by atoms with Crippen LogP contribution in [0.1, 0.15) is 12.5 Å². The van der Waals surface area contributed by atoms with E-state index in [1.807, 2.05) is 0 Å². The monoisotopic (exact) mass is 345 g/mol. The largest absolute Gasteiger partial charge is 0.344 e. The Morgan fingerprint density at radius 2 is 1.58 bits per heavy atom. The Balaban J connectivity index is 1.93. The first-order valence-electron chi connectivity index (χ1n) is 7.16. The molecule has 0 saturated heterocycles. The highest BCUT2D eigenvalue weighted by atomic mass is 35.5. The topological polar surface area (TPSA) is 87.3 Å². The van der Waals surface area contributed by atoms with E-state index in [9.17, 15) is 14.4 Å². The maximum absolute atomic E-state index is 11.9. The Morgan fingerprint density at radius 1 is 0.917 bits per heavy atom. The van der Waals surface area contributed by atoms with Crippen LogP contribution < -0.4 is 16.0 Å². The molecule has 0 fully saturated rings. The number of rotatable bonds is 4. The quantitative estimate of drug-likeness (QED) is 0.744. The average Bonchev–Trinajstić information content (AvgIpc) is 2.53. The van der Waals surface area contributed by atoms with Crippen molar-refractivity contribution in [1.29, 1.82) is 0 Å². The summed E-state index contributed by atoms with van der Waals surface area (Å²) in [6.45, 7) is 1.53. The molecule has 0 unspecified atom stereocenters. The van der Waals surface area contributed by atoms with Gasteiger partial charge in [-0.2, -0.15) is 0 Å². The molecule has 24 heavy (non-hydrogen) atoms. The third kappa shape index (κ3) is 5.10. The van der Waals surface area contributed by atoms with Crippen molar-refractivity contribution >= 4 is 40.7 Å². The van der Waals surface area contributed by atoms with Crippen LogP contribution in [-0.4, -0.2) is 17.7 Å². The van der Waals surface area contributed by atoms with Crippen molar-refractivity contribution in [2.24, 2.45) is 0 Å². The van der Waals surface area contributed by atoms with Crippen LogP contribution in [0.15, 0.2) is 48.5 Å². The molecule has 0 heterocycles. The van der Waals surface area contributed by atoms with Crippen LogP contribution in [0, 0.1) is 0 Å². The van der Waals surface area contributed by atoms with E-state index in [0.717, 1.165) is 0 Å². The number of benzene rings is 2. The van der Waals surface area contributed by atoms with Crippen LogP contribution in [0.2, 0.25) is 5.02 Å². The first-order valence-corrected chi connectivity index (χ1v) is 7.54. The maximum Gasteiger partial charge on any atom is 0.313 e. The number of halogens is 1. The molecule has 0 saturated carbocycles. The van der Waals surface area contributed by atoms with Crippen molar-refractivity contribution in [1.82, 2.24) is 5.32 Å². The standard InChI is InChI=1S/C17H16ClN3O3/c1-11(22)20-13-6-4-7-14(9-13)21-17(24)16(23)19-10-12-5-2-3-8-15(12)18/h2-9H,10H2,1H3,(H,19,23)(H,20,22)(H,21,24). The number of anilines is 2. The lowest BCUT2D eigenvalue weighted by Crippen LogP contribution is -2.35. The van der Waals surface area contributed by atoms with Crippen molar-refractivity contribution in [3.05, 3.63) is 59.1 Å². The van der Waals surface area contributed by atoms with Crippen molar-refractivity contribution in [2.75, 3.05) is 10.6 Å². The van der Waals surface area contributed by atoms with Crippen LogP contribution in [0.5, 0.6) is 0 Å². The number of carbonyl (C=O) groups is 3. The van der Waals surface area contributed by atoms with Gasteiger partial charge in [0.2, 0.25) is 5.91 Å². The second-order valence-corrected chi connectivity index (χ2v) is 5.40. The summed E-state index contributed by atoms with van der Waals surface area (Å²) in [5, 5.41) is 8.08. The lowest BCUT2D eigenvalue weighted by atomic mass is 10.2. The van der Waals surface area contributed by atoms with Gasteiger partial charge in [-0.3, -0.25) is 14.4 Å². The van der Waals surface area contributed by atoms with E-state index in [4.69, 9.17) is 11.6 Å². The van der Waals surface area contributed by atoms with Crippen molar-refractivity contribution in [3.63, 3.8) is 0 Å². The Morgan fingerprint density at radius 3 is 2.25 bits per heavy atom. The zero-order chi connectivity index (χ0) is 17.5. The highest BCUT2D eigenvalue weighted by Crippen LogP contribution is 2.16. The average molecular weight is 346 g/mol. The molecule has 0 spiro atoms. The first-order chi connectivity index (χ1) is 11.5. The number of amides is 3. The fourth-order valence-electron chi connectivity index (χ4n) is 1.96. The molecule has 3 N–H and O–H groups in total. The van der Waals surface area contributed by atoms with Gasteiger partial charge in [-0.05, 0) is 29.8 Å². The summed E-state index contributed by atoms with van der Waals surface area (Å²) >= 11 is 5.99. The van der Waals surface area contributed by atoms with Crippen molar-refractivity contribution in [3.8, 4) is 0 Å². The van der Waals surface area contributed by atoms with Crippen LogP contribution in [0.25, 0.3) is 0 Å². The molecule has 0 atom stereocenters. The minimum Gasteiger partial charge on any atom is -0.344 e. The maximum atomic E-state index is 11.9. The molecule has 0 aliphatic heterocycles. The molecule has 0 aliphatic rings. The number of hydrogen-bond acceptors (Lipinski definition) is 3. The molecule has 2 aromatic rings. The summed E-state index contributed by atoms with van der Waals surface area (Å²) in [6.07, 6.45) is 0. The van der Waals surface area contributed by atoms with Crippen molar-refractivity contribution in [2.45, 2.75) is 13.5 Å². The van der Waals surface area contributed by atoms with Crippen molar-refractivity contribution < 1.29 is 14.4 Å². The van der Waals surface area contributed by atoms with E-state index in [2.05, 4.69) is 16.0 Å². The van der Waals surface area contributed by atoms with E-state index < -0.39 is 11.8 Å². The molecule has 6 nitrogen and oxygen atoms in total. The fourth-order valence-corrected chi connectivity index (χ4v) is 2.17. The highest BCUT2D eigenvalue weighted by molar-refractivity contribution is 6.39. The lowest BCUT2D eigenvalue weighted by Gasteiger charge is -2.09. The minimum absolute atomic E-state index is 0.151. The molecule has 0 aliphatic carbocycles. The molecular weight excluding hydrogens is 330 g/mol. The molecular formula is C17H16ClN3O3. The molecule has 2 aromatic carbocycles. The van der Waals surface area contributed by atoms with Crippen LogP contribution in [0.4, 0.5) is 11.4 Å². The molecule has 7 heteroatoms. The summed E-state index contributed by atoms with van der Waals surface area (Å²) < 4.78 is 0. The first kappa shape index (κ1) is 17.5. The van der Waals surface area contributed by atoms with E-state index in [1.54, 1.807) is 48.5 Å². The SMILES string of the molecule is CC(=O)Nc1cccc(NC(=O)C(=O)NCc2ccccc2Cl)c1. The van der Waals surface area contributed by atoms with Gasteiger partial charge in [0.15, 0.2) is 0 Å². The third-order valence-corrected chi connectivity index (χ3v) is 3.41. The van der Waals surface area contributed by atoms with E-state index in [1.165, 1.54) is 6.92 Å². The molecule has 0 radical (unpaired) electrons. The highest BCUT2D eigenvalue weighted by Gasteiger charge is 2.14. The van der Waals surface area contributed by atoms with E-state index >= 15 is 0 Å².